The Labute approximate surface area is 87.8 Å². The molecule has 0 N–H and O–H groups in total. The molecule has 14 heavy (non-hydrogen) atoms. The van der Waals surface area contributed by atoms with Crippen molar-refractivity contribution in [2.45, 2.75) is 0 Å². The molecule has 0 saturated heterocycles. The van der Waals surface area contributed by atoms with Gasteiger partial charge in [-0.1, -0.05) is 17.5 Å². The van der Waals surface area contributed by atoms with E-state index in [2.05, 4.69) is 5.92 Å². The van der Waals surface area contributed by atoms with Gasteiger partial charge >= 0.3 is 0 Å². The third kappa shape index (κ3) is 3.21. The van der Waals surface area contributed by atoms with E-state index in [1.165, 1.54) is 0 Å². The maximum atomic E-state index is 11.4. The number of rotatable bonds is 4. The van der Waals surface area contributed by atoms with Gasteiger partial charge in [-0.25, -0.2) is 0 Å². The summed E-state index contributed by atoms with van der Waals surface area (Å²) >= 11 is 5.67. The molecule has 1 aromatic rings. The van der Waals surface area contributed by atoms with E-state index in [0.29, 0.717) is 10.6 Å². The van der Waals surface area contributed by atoms with E-state index in [0.717, 1.165) is 0 Å². The standard InChI is InChI=1S/C11H9ClO2/c1-2-7-14-8-11(13)9-3-5-10(12)6-4-9/h1,3-6H,7-8H2. The van der Waals surface area contributed by atoms with Crippen LogP contribution in [0.15, 0.2) is 24.3 Å². The average molecular weight is 209 g/mol. The zero-order valence-corrected chi connectivity index (χ0v) is 8.25. The predicted molar refractivity (Wildman–Crippen MR) is 55.4 cm³/mol. The lowest BCUT2D eigenvalue weighted by molar-refractivity contribution is 0.0812. The Bertz CT molecular complexity index is 349. The molecule has 0 spiro atoms. The van der Waals surface area contributed by atoms with E-state index in [1.807, 2.05) is 0 Å². The summed E-state index contributed by atoms with van der Waals surface area (Å²) in [4.78, 5) is 11.4. The van der Waals surface area contributed by atoms with Crippen LogP contribution in [0.2, 0.25) is 5.02 Å². The fraction of sp³-hybridized carbons (Fsp3) is 0.182. The minimum Gasteiger partial charge on any atom is -0.361 e. The lowest BCUT2D eigenvalue weighted by Gasteiger charge is -2.00. The van der Waals surface area contributed by atoms with Crippen LogP contribution in [-0.2, 0) is 4.74 Å². The minimum absolute atomic E-state index is 0.00579. The van der Waals surface area contributed by atoms with Crippen LogP contribution >= 0.6 is 11.6 Å². The first-order valence-electron chi connectivity index (χ1n) is 4.04. The van der Waals surface area contributed by atoms with Gasteiger partial charge in [0.25, 0.3) is 0 Å². The summed E-state index contributed by atoms with van der Waals surface area (Å²) in [6.45, 7) is 0.158. The number of terminal acetylenes is 1. The van der Waals surface area contributed by atoms with Crippen molar-refractivity contribution in [3.05, 3.63) is 34.9 Å². The molecule has 1 rings (SSSR count). The van der Waals surface area contributed by atoms with Crippen LogP contribution in [0.3, 0.4) is 0 Å². The number of ether oxygens (including phenoxy) is 1. The third-order valence-corrected chi connectivity index (χ3v) is 1.84. The lowest BCUT2D eigenvalue weighted by Crippen LogP contribution is -2.08. The Balaban J connectivity index is 2.53. The summed E-state index contributed by atoms with van der Waals surface area (Å²) in [6.07, 6.45) is 4.97. The summed E-state index contributed by atoms with van der Waals surface area (Å²) in [5.41, 5.74) is 0.575. The first kappa shape index (κ1) is 10.8. The Morgan fingerprint density at radius 3 is 2.64 bits per heavy atom. The quantitative estimate of drug-likeness (QED) is 0.431. The molecule has 0 amide bonds. The smallest absolute Gasteiger partial charge is 0.188 e. The number of carbonyl (C=O) groups excluding carboxylic acids is 1. The number of halogens is 1. The maximum Gasteiger partial charge on any atom is 0.188 e. The maximum absolute atomic E-state index is 11.4. The third-order valence-electron chi connectivity index (χ3n) is 1.58. The second-order valence-corrected chi connectivity index (χ2v) is 3.06. The fourth-order valence-electron chi connectivity index (χ4n) is 0.922. The van der Waals surface area contributed by atoms with Gasteiger partial charge in [-0.2, -0.15) is 0 Å². The van der Waals surface area contributed by atoms with Gasteiger partial charge < -0.3 is 4.74 Å². The molecule has 0 atom stereocenters. The molecule has 0 fully saturated rings. The number of carbonyl (C=O) groups is 1. The molecule has 0 unspecified atom stereocenters. The van der Waals surface area contributed by atoms with Gasteiger partial charge in [-0.15, -0.1) is 6.42 Å². The second-order valence-electron chi connectivity index (χ2n) is 2.63. The molecule has 1 aromatic carbocycles. The number of hydrogen-bond donors (Lipinski definition) is 0. The molecule has 0 aromatic heterocycles. The van der Waals surface area contributed by atoms with Gasteiger partial charge in [0.1, 0.15) is 13.2 Å². The average Bonchev–Trinajstić information content (AvgIpc) is 2.19. The molecule has 0 bridgehead atoms. The van der Waals surface area contributed by atoms with Crippen LogP contribution in [-0.4, -0.2) is 19.0 Å². The normalized spacial score (nSPS) is 9.43. The molecule has 0 heterocycles. The van der Waals surface area contributed by atoms with Gasteiger partial charge in [-0.05, 0) is 24.3 Å². The molecule has 2 nitrogen and oxygen atoms in total. The Morgan fingerprint density at radius 1 is 1.43 bits per heavy atom. The summed E-state index contributed by atoms with van der Waals surface area (Å²) in [5.74, 6) is 2.19. The first-order valence-corrected chi connectivity index (χ1v) is 4.42. The van der Waals surface area contributed by atoms with Gasteiger partial charge in [0.2, 0.25) is 0 Å². The van der Waals surface area contributed by atoms with Crippen molar-refractivity contribution >= 4 is 17.4 Å². The molecule has 0 aliphatic carbocycles. The summed E-state index contributed by atoms with van der Waals surface area (Å²) in [7, 11) is 0. The molecule has 0 aliphatic rings. The van der Waals surface area contributed by atoms with E-state index < -0.39 is 0 Å². The summed E-state index contributed by atoms with van der Waals surface area (Å²) in [6, 6.07) is 6.64. The van der Waals surface area contributed by atoms with Crippen molar-refractivity contribution in [2.24, 2.45) is 0 Å². The van der Waals surface area contributed by atoms with Crippen molar-refractivity contribution < 1.29 is 9.53 Å². The lowest BCUT2D eigenvalue weighted by atomic mass is 10.1. The van der Waals surface area contributed by atoms with Crippen LogP contribution in [0, 0.1) is 12.3 Å². The van der Waals surface area contributed by atoms with Crippen molar-refractivity contribution in [2.75, 3.05) is 13.2 Å². The number of benzene rings is 1. The highest BCUT2D eigenvalue weighted by Gasteiger charge is 2.04. The molecule has 3 heteroatoms. The fourth-order valence-corrected chi connectivity index (χ4v) is 1.05. The predicted octanol–water partition coefficient (Wildman–Crippen LogP) is 2.17. The molecular weight excluding hydrogens is 200 g/mol. The molecule has 72 valence electrons. The van der Waals surface area contributed by atoms with Crippen molar-refractivity contribution in [3.8, 4) is 12.3 Å². The van der Waals surface area contributed by atoms with E-state index >= 15 is 0 Å². The highest BCUT2D eigenvalue weighted by Crippen LogP contribution is 2.09. The van der Waals surface area contributed by atoms with Crippen molar-refractivity contribution in [3.63, 3.8) is 0 Å². The van der Waals surface area contributed by atoms with Gasteiger partial charge in [0.05, 0.1) is 0 Å². The van der Waals surface area contributed by atoms with Crippen molar-refractivity contribution in [1.82, 2.24) is 0 Å². The van der Waals surface area contributed by atoms with E-state index in [-0.39, 0.29) is 19.0 Å². The van der Waals surface area contributed by atoms with E-state index in [9.17, 15) is 4.79 Å². The summed E-state index contributed by atoms with van der Waals surface area (Å²) < 4.78 is 4.91. The minimum atomic E-state index is -0.100. The number of hydrogen-bond acceptors (Lipinski definition) is 2. The Morgan fingerprint density at radius 2 is 2.07 bits per heavy atom. The van der Waals surface area contributed by atoms with Gasteiger partial charge in [0, 0.05) is 10.6 Å². The first-order chi connectivity index (χ1) is 6.74. The zero-order valence-electron chi connectivity index (χ0n) is 7.50. The van der Waals surface area contributed by atoms with Crippen LogP contribution < -0.4 is 0 Å². The molecule has 0 saturated carbocycles. The Kier molecular flexibility index (Phi) is 4.18. The second kappa shape index (κ2) is 5.43. The monoisotopic (exact) mass is 208 g/mol. The summed E-state index contributed by atoms with van der Waals surface area (Å²) in [5, 5.41) is 0.603. The molecule has 0 aliphatic heterocycles. The van der Waals surface area contributed by atoms with Crippen LogP contribution in [0.25, 0.3) is 0 Å². The number of ketones is 1. The largest absolute Gasteiger partial charge is 0.361 e. The van der Waals surface area contributed by atoms with E-state index in [4.69, 9.17) is 22.8 Å². The van der Waals surface area contributed by atoms with Gasteiger partial charge in [0.15, 0.2) is 5.78 Å². The van der Waals surface area contributed by atoms with Crippen LogP contribution in [0.5, 0.6) is 0 Å². The molecular formula is C11H9ClO2. The Hall–Kier alpha value is -1.30. The van der Waals surface area contributed by atoms with Gasteiger partial charge in [-0.3, -0.25) is 4.79 Å². The molecule has 0 radical (unpaired) electrons. The SMILES string of the molecule is C#CCOCC(=O)c1ccc(Cl)cc1. The highest BCUT2D eigenvalue weighted by molar-refractivity contribution is 6.30. The number of Topliss-reactive ketones (excluding diaryl/α,β-unsaturated/α-hetero) is 1. The zero-order chi connectivity index (χ0) is 10.4. The van der Waals surface area contributed by atoms with Crippen molar-refractivity contribution in [1.29, 1.82) is 0 Å². The van der Waals surface area contributed by atoms with Crippen LogP contribution in [0.1, 0.15) is 10.4 Å². The van der Waals surface area contributed by atoms with E-state index in [1.54, 1.807) is 24.3 Å². The topological polar surface area (TPSA) is 26.3 Å². The van der Waals surface area contributed by atoms with Crippen LogP contribution in [0.4, 0.5) is 0 Å². The highest BCUT2D eigenvalue weighted by atomic mass is 35.5.